The zero-order valence-corrected chi connectivity index (χ0v) is 18.2. The predicted octanol–water partition coefficient (Wildman–Crippen LogP) is 4.69. The maximum absolute atomic E-state index is 12.9. The van der Waals surface area contributed by atoms with Gasteiger partial charge in [-0.25, -0.2) is 0 Å². The number of nitrogens with two attached hydrogens (primary N) is 1. The number of amides is 2. The number of hydrogen-bond donors (Lipinski definition) is 1. The topological polar surface area (TPSA) is 72.6 Å². The van der Waals surface area contributed by atoms with Gasteiger partial charge in [-0.1, -0.05) is 71.6 Å². The number of hydrogen-bond acceptors (Lipinski definition) is 4. The van der Waals surface area contributed by atoms with Crippen LogP contribution in [-0.4, -0.2) is 29.5 Å². The van der Waals surface area contributed by atoms with Gasteiger partial charge in [-0.2, -0.15) is 0 Å². The molecule has 0 saturated carbocycles. The van der Waals surface area contributed by atoms with Crippen LogP contribution in [0.1, 0.15) is 88.1 Å². The second-order valence-corrected chi connectivity index (χ2v) is 7.74. The van der Waals surface area contributed by atoms with E-state index in [1.165, 1.54) is 32.1 Å². The number of rotatable bonds is 13. The van der Waals surface area contributed by atoms with Gasteiger partial charge in [0.1, 0.15) is 0 Å². The molecule has 1 atom stereocenters. The summed E-state index contributed by atoms with van der Waals surface area (Å²) < 4.78 is 0. The Hall–Kier alpha value is -2.16. The van der Waals surface area contributed by atoms with Crippen molar-refractivity contribution in [3.05, 3.63) is 35.4 Å². The molecule has 0 saturated heterocycles. The molecule has 0 aliphatic rings. The van der Waals surface area contributed by atoms with E-state index >= 15 is 0 Å². The molecular weight excluding hydrogens is 364 g/mol. The molecule has 0 spiro atoms. The molecule has 0 aliphatic heterocycles. The van der Waals surface area contributed by atoms with Crippen molar-refractivity contribution in [3.63, 3.8) is 0 Å². The van der Waals surface area contributed by atoms with Crippen molar-refractivity contribution in [2.24, 2.45) is 11.7 Å². The van der Waals surface area contributed by atoms with Crippen LogP contribution >= 0.6 is 0 Å². The van der Waals surface area contributed by atoms with Crippen molar-refractivity contribution in [1.82, 2.24) is 5.06 Å². The van der Waals surface area contributed by atoms with Crippen molar-refractivity contribution in [3.8, 4) is 12.3 Å². The minimum atomic E-state index is -0.803. The van der Waals surface area contributed by atoms with Crippen LogP contribution in [-0.2, 0) is 9.63 Å². The fourth-order valence-electron chi connectivity index (χ4n) is 2.86. The second kappa shape index (κ2) is 13.9. The van der Waals surface area contributed by atoms with E-state index in [-0.39, 0.29) is 5.92 Å². The molecule has 1 aromatic rings. The Kier molecular flexibility index (Phi) is 11.9. The molecule has 0 aliphatic carbocycles. The van der Waals surface area contributed by atoms with Gasteiger partial charge in [0.05, 0.1) is 12.6 Å². The highest BCUT2D eigenvalue weighted by atomic mass is 16.7. The smallest absolute Gasteiger partial charge is 0.284 e. The Morgan fingerprint density at radius 1 is 1.03 bits per heavy atom. The molecule has 0 bridgehead atoms. The lowest BCUT2D eigenvalue weighted by Crippen LogP contribution is -2.49. The van der Waals surface area contributed by atoms with Crippen molar-refractivity contribution >= 4 is 11.8 Å². The van der Waals surface area contributed by atoms with Gasteiger partial charge in [0.25, 0.3) is 11.8 Å². The van der Waals surface area contributed by atoms with Crippen molar-refractivity contribution in [2.75, 3.05) is 6.61 Å². The summed E-state index contributed by atoms with van der Waals surface area (Å²) in [5.41, 5.74) is 6.98. The fraction of sp³-hybridized carbons (Fsp3) is 0.583. The summed E-state index contributed by atoms with van der Waals surface area (Å²) in [4.78, 5) is 31.2. The first kappa shape index (κ1) is 24.9. The molecule has 0 aromatic heterocycles. The van der Waals surface area contributed by atoms with Crippen molar-refractivity contribution in [1.29, 1.82) is 0 Å². The second-order valence-electron chi connectivity index (χ2n) is 7.74. The maximum Gasteiger partial charge on any atom is 0.284 e. The number of imide groups is 1. The minimum absolute atomic E-state index is 0.103. The number of benzene rings is 1. The first-order valence-corrected chi connectivity index (χ1v) is 10.8. The number of nitrogens with zero attached hydrogens (tertiary/aromatic N) is 1. The normalized spacial score (nSPS) is 11.9. The summed E-state index contributed by atoms with van der Waals surface area (Å²) in [7, 11) is 0. The third-order valence-corrected chi connectivity index (χ3v) is 4.90. The minimum Gasteiger partial charge on any atom is -0.320 e. The van der Waals surface area contributed by atoms with Crippen LogP contribution in [0.4, 0.5) is 0 Å². The average Bonchev–Trinajstić information content (AvgIpc) is 2.73. The molecule has 0 heterocycles. The Morgan fingerprint density at radius 2 is 1.59 bits per heavy atom. The van der Waals surface area contributed by atoms with Crippen molar-refractivity contribution in [2.45, 2.75) is 78.2 Å². The Balaban J connectivity index is 2.63. The van der Waals surface area contributed by atoms with Crippen LogP contribution in [0.3, 0.4) is 0 Å². The molecule has 1 aromatic carbocycles. The highest BCUT2D eigenvalue weighted by Gasteiger charge is 2.30. The van der Waals surface area contributed by atoms with E-state index in [4.69, 9.17) is 17.0 Å². The highest BCUT2D eigenvalue weighted by molar-refractivity contribution is 6.05. The summed E-state index contributed by atoms with van der Waals surface area (Å²) in [6.07, 6.45) is 14.6. The first-order chi connectivity index (χ1) is 13.9. The van der Waals surface area contributed by atoms with E-state index in [2.05, 4.69) is 12.8 Å². The lowest BCUT2D eigenvalue weighted by atomic mass is 10.0. The summed E-state index contributed by atoms with van der Waals surface area (Å²) >= 11 is 0. The van der Waals surface area contributed by atoms with E-state index in [0.29, 0.717) is 17.7 Å². The van der Waals surface area contributed by atoms with Gasteiger partial charge in [0.2, 0.25) is 0 Å². The molecule has 5 nitrogen and oxygen atoms in total. The van der Waals surface area contributed by atoms with Crippen LogP contribution in [0.15, 0.2) is 24.3 Å². The molecule has 0 radical (unpaired) electrons. The van der Waals surface area contributed by atoms with E-state index in [0.717, 1.165) is 24.3 Å². The largest absolute Gasteiger partial charge is 0.320 e. The van der Waals surface area contributed by atoms with Crippen LogP contribution in [0, 0.1) is 18.3 Å². The Labute approximate surface area is 175 Å². The summed E-state index contributed by atoms with van der Waals surface area (Å²) in [5.74, 6) is 1.36. The SMILES string of the molecule is C#Cc1ccc(C(=O)N(OCCCCCCCCCC)C(=O)[C@@H](N)C(C)C)cc1. The van der Waals surface area contributed by atoms with Crippen LogP contribution in [0.5, 0.6) is 0 Å². The van der Waals surface area contributed by atoms with E-state index in [1.807, 2.05) is 13.8 Å². The van der Waals surface area contributed by atoms with Gasteiger partial charge >= 0.3 is 0 Å². The Morgan fingerprint density at radius 3 is 2.10 bits per heavy atom. The number of carbonyl (C=O) groups excluding carboxylic acids is 2. The molecular formula is C24H36N2O3. The molecule has 0 fully saturated rings. The molecule has 2 amide bonds. The lowest BCUT2D eigenvalue weighted by Gasteiger charge is -2.24. The van der Waals surface area contributed by atoms with Crippen LogP contribution in [0.2, 0.25) is 0 Å². The van der Waals surface area contributed by atoms with Gasteiger partial charge < -0.3 is 5.73 Å². The van der Waals surface area contributed by atoms with E-state index in [1.54, 1.807) is 24.3 Å². The molecule has 160 valence electrons. The monoisotopic (exact) mass is 400 g/mol. The quantitative estimate of drug-likeness (QED) is 0.296. The standard InChI is InChI=1S/C24H36N2O3/c1-5-7-8-9-10-11-12-13-18-29-26(24(28)22(25)19(3)4)23(27)21-16-14-20(6-2)15-17-21/h2,14-17,19,22H,5,7-13,18,25H2,1,3-4H3/t22-/m0/s1. The molecule has 1 rings (SSSR count). The van der Waals surface area contributed by atoms with Gasteiger partial charge in [-0.15, -0.1) is 11.5 Å². The molecule has 0 unspecified atom stereocenters. The number of carbonyl (C=O) groups is 2. The third-order valence-electron chi connectivity index (χ3n) is 4.90. The number of hydroxylamine groups is 2. The van der Waals surface area contributed by atoms with Crippen LogP contribution < -0.4 is 5.73 Å². The third kappa shape index (κ3) is 8.81. The first-order valence-electron chi connectivity index (χ1n) is 10.8. The number of unbranched alkanes of at least 4 members (excludes halogenated alkanes) is 7. The van der Waals surface area contributed by atoms with Gasteiger partial charge in [0.15, 0.2) is 0 Å². The highest BCUT2D eigenvalue weighted by Crippen LogP contribution is 2.13. The molecule has 5 heteroatoms. The zero-order valence-electron chi connectivity index (χ0n) is 18.2. The van der Waals surface area contributed by atoms with Gasteiger partial charge in [-0.05, 0) is 36.6 Å². The van der Waals surface area contributed by atoms with E-state index in [9.17, 15) is 9.59 Å². The van der Waals surface area contributed by atoms with Crippen LogP contribution in [0.25, 0.3) is 0 Å². The maximum atomic E-state index is 12.9. The van der Waals surface area contributed by atoms with Gasteiger partial charge in [0, 0.05) is 11.1 Å². The predicted molar refractivity (Wildman–Crippen MR) is 117 cm³/mol. The summed E-state index contributed by atoms with van der Waals surface area (Å²) in [5, 5.41) is 0.830. The number of terminal acetylenes is 1. The lowest BCUT2D eigenvalue weighted by molar-refractivity contribution is -0.172. The van der Waals surface area contributed by atoms with Crippen molar-refractivity contribution < 1.29 is 14.4 Å². The van der Waals surface area contributed by atoms with E-state index < -0.39 is 17.9 Å². The summed E-state index contributed by atoms with van der Waals surface area (Å²) in [6, 6.07) is 5.71. The zero-order chi connectivity index (χ0) is 21.6. The Bertz CT molecular complexity index is 662. The average molecular weight is 401 g/mol. The molecule has 2 N–H and O–H groups in total. The fourth-order valence-corrected chi connectivity index (χ4v) is 2.86. The summed E-state index contributed by atoms with van der Waals surface area (Å²) in [6.45, 7) is 6.19. The molecule has 29 heavy (non-hydrogen) atoms. The van der Waals surface area contributed by atoms with Gasteiger partial charge in [-0.3, -0.25) is 14.4 Å².